The predicted molar refractivity (Wildman–Crippen MR) is 141 cm³/mol. The van der Waals surface area contributed by atoms with Crippen LogP contribution in [0.5, 0.6) is 17.2 Å². The van der Waals surface area contributed by atoms with E-state index in [4.69, 9.17) is 14.2 Å². The molecule has 7 nitrogen and oxygen atoms in total. The van der Waals surface area contributed by atoms with Crippen LogP contribution in [0.3, 0.4) is 0 Å². The van der Waals surface area contributed by atoms with Gasteiger partial charge in [0.05, 0.1) is 27.0 Å². The van der Waals surface area contributed by atoms with Crippen molar-refractivity contribution in [1.29, 1.82) is 0 Å². The SMILES string of the molecule is COc1ccc([C@H]2CC(=O)N(CC(=O)NCCc3ccc(OC)c(OC)c3)c3ccccc3S2)cc1. The maximum atomic E-state index is 13.3. The van der Waals surface area contributed by atoms with E-state index in [2.05, 4.69) is 5.32 Å². The second-order valence-electron chi connectivity index (χ2n) is 8.32. The molecule has 188 valence electrons. The molecule has 0 bridgehead atoms. The lowest BCUT2D eigenvalue weighted by Gasteiger charge is -2.22. The minimum Gasteiger partial charge on any atom is -0.497 e. The second kappa shape index (κ2) is 11.9. The number of para-hydroxylation sites is 1. The van der Waals surface area contributed by atoms with Gasteiger partial charge < -0.3 is 24.4 Å². The molecular weight excluding hydrogens is 476 g/mol. The van der Waals surface area contributed by atoms with Crippen LogP contribution in [0, 0.1) is 0 Å². The van der Waals surface area contributed by atoms with Crippen molar-refractivity contribution in [2.24, 2.45) is 0 Å². The summed E-state index contributed by atoms with van der Waals surface area (Å²) >= 11 is 1.64. The monoisotopic (exact) mass is 506 g/mol. The molecule has 0 fully saturated rings. The lowest BCUT2D eigenvalue weighted by Crippen LogP contribution is -2.41. The molecule has 2 amide bonds. The number of anilines is 1. The fourth-order valence-electron chi connectivity index (χ4n) is 4.14. The minimum atomic E-state index is -0.202. The van der Waals surface area contributed by atoms with Gasteiger partial charge in [-0.15, -0.1) is 11.8 Å². The molecule has 3 aromatic carbocycles. The Morgan fingerprint density at radius 1 is 0.972 bits per heavy atom. The first-order chi connectivity index (χ1) is 17.5. The lowest BCUT2D eigenvalue weighted by atomic mass is 10.1. The lowest BCUT2D eigenvalue weighted by molar-refractivity contribution is -0.123. The van der Waals surface area contributed by atoms with Crippen LogP contribution in [-0.4, -0.2) is 46.2 Å². The van der Waals surface area contributed by atoms with E-state index >= 15 is 0 Å². The number of carbonyl (C=O) groups excluding carboxylic acids is 2. The molecule has 1 aliphatic heterocycles. The molecular formula is C28H30N2O5S. The zero-order valence-corrected chi connectivity index (χ0v) is 21.5. The first kappa shape index (κ1) is 25.4. The Labute approximate surface area is 215 Å². The van der Waals surface area contributed by atoms with Crippen LogP contribution in [0.4, 0.5) is 5.69 Å². The Hall–Kier alpha value is -3.65. The number of nitrogens with one attached hydrogen (secondary N) is 1. The molecule has 4 rings (SSSR count). The zero-order chi connectivity index (χ0) is 25.5. The van der Waals surface area contributed by atoms with Gasteiger partial charge in [-0.05, 0) is 53.9 Å². The number of nitrogens with zero attached hydrogens (tertiary/aromatic N) is 1. The smallest absolute Gasteiger partial charge is 0.240 e. The Balaban J connectivity index is 1.42. The molecule has 3 aromatic rings. The van der Waals surface area contributed by atoms with Gasteiger partial charge in [-0.2, -0.15) is 0 Å². The number of amides is 2. The Morgan fingerprint density at radius 2 is 1.72 bits per heavy atom. The standard InChI is InChI=1S/C28H30N2O5S/c1-33-21-11-9-20(10-12-21)26-17-28(32)30(22-6-4-5-7-25(22)36-26)18-27(31)29-15-14-19-8-13-23(34-2)24(16-19)35-3/h4-13,16,26H,14-15,17-18H2,1-3H3,(H,29,31)/t26-/m1/s1. The third-order valence-corrected chi connectivity index (χ3v) is 7.38. The molecule has 0 aliphatic carbocycles. The minimum absolute atomic E-state index is 0.0301. The van der Waals surface area contributed by atoms with Gasteiger partial charge in [-0.25, -0.2) is 0 Å². The van der Waals surface area contributed by atoms with E-state index in [9.17, 15) is 9.59 Å². The number of ether oxygens (including phenoxy) is 3. The van der Waals surface area contributed by atoms with Crippen molar-refractivity contribution in [3.63, 3.8) is 0 Å². The number of fused-ring (bicyclic) bond motifs is 1. The van der Waals surface area contributed by atoms with Crippen molar-refractivity contribution >= 4 is 29.3 Å². The number of methoxy groups -OCH3 is 3. The molecule has 1 N–H and O–H groups in total. The van der Waals surface area contributed by atoms with Gasteiger partial charge in [0, 0.05) is 23.1 Å². The number of thioether (sulfide) groups is 1. The Kier molecular flexibility index (Phi) is 8.38. The molecule has 0 unspecified atom stereocenters. The molecule has 0 saturated heterocycles. The van der Waals surface area contributed by atoms with E-state index in [1.807, 2.05) is 66.7 Å². The fourth-order valence-corrected chi connectivity index (χ4v) is 5.42. The van der Waals surface area contributed by atoms with Crippen LogP contribution < -0.4 is 24.4 Å². The molecule has 1 heterocycles. The van der Waals surface area contributed by atoms with Crippen molar-refractivity contribution in [2.45, 2.75) is 23.0 Å². The molecule has 0 aromatic heterocycles. The van der Waals surface area contributed by atoms with E-state index in [0.29, 0.717) is 30.9 Å². The van der Waals surface area contributed by atoms with Gasteiger partial charge in [0.15, 0.2) is 11.5 Å². The third kappa shape index (κ3) is 5.94. The highest BCUT2D eigenvalue weighted by molar-refractivity contribution is 7.99. The summed E-state index contributed by atoms with van der Waals surface area (Å²) in [6, 6.07) is 21.2. The average molecular weight is 507 g/mol. The highest BCUT2D eigenvalue weighted by atomic mass is 32.2. The summed E-state index contributed by atoms with van der Waals surface area (Å²) in [6.07, 6.45) is 0.927. The van der Waals surface area contributed by atoms with E-state index in [-0.39, 0.29) is 23.6 Å². The summed E-state index contributed by atoms with van der Waals surface area (Å²) in [5, 5.41) is 2.89. The fraction of sp³-hybridized carbons (Fsp3) is 0.286. The average Bonchev–Trinajstić information content (AvgIpc) is 3.04. The Morgan fingerprint density at radius 3 is 2.44 bits per heavy atom. The maximum absolute atomic E-state index is 13.3. The highest BCUT2D eigenvalue weighted by Gasteiger charge is 2.30. The van der Waals surface area contributed by atoms with Crippen LogP contribution in [0.25, 0.3) is 0 Å². The molecule has 0 spiro atoms. The molecule has 8 heteroatoms. The first-order valence-corrected chi connectivity index (χ1v) is 12.6. The van der Waals surface area contributed by atoms with Crippen molar-refractivity contribution < 1.29 is 23.8 Å². The van der Waals surface area contributed by atoms with Crippen LogP contribution >= 0.6 is 11.8 Å². The van der Waals surface area contributed by atoms with Gasteiger partial charge in [-0.3, -0.25) is 9.59 Å². The summed E-state index contributed by atoms with van der Waals surface area (Å²) < 4.78 is 15.9. The second-order valence-corrected chi connectivity index (χ2v) is 9.57. The summed E-state index contributed by atoms with van der Waals surface area (Å²) in [6.45, 7) is 0.416. The molecule has 1 atom stereocenters. The summed E-state index contributed by atoms with van der Waals surface area (Å²) in [5.74, 6) is 1.80. The van der Waals surface area contributed by atoms with E-state index in [1.54, 1.807) is 38.0 Å². The van der Waals surface area contributed by atoms with Crippen LogP contribution in [0.1, 0.15) is 22.8 Å². The van der Waals surface area contributed by atoms with Crippen molar-refractivity contribution in [1.82, 2.24) is 5.32 Å². The quantitative estimate of drug-likeness (QED) is 0.456. The maximum Gasteiger partial charge on any atom is 0.240 e. The van der Waals surface area contributed by atoms with Crippen molar-refractivity contribution in [3.8, 4) is 17.2 Å². The highest BCUT2D eigenvalue weighted by Crippen LogP contribution is 2.45. The predicted octanol–water partition coefficient (Wildman–Crippen LogP) is 4.64. The number of hydrogen-bond acceptors (Lipinski definition) is 6. The molecule has 0 radical (unpaired) electrons. The van der Waals surface area contributed by atoms with Crippen LogP contribution in [-0.2, 0) is 16.0 Å². The normalized spacial score (nSPS) is 15.0. The van der Waals surface area contributed by atoms with Gasteiger partial charge in [0.25, 0.3) is 0 Å². The number of benzene rings is 3. The van der Waals surface area contributed by atoms with Gasteiger partial charge in [0.1, 0.15) is 12.3 Å². The van der Waals surface area contributed by atoms with Gasteiger partial charge >= 0.3 is 0 Å². The third-order valence-electron chi connectivity index (χ3n) is 6.06. The zero-order valence-electron chi connectivity index (χ0n) is 20.7. The van der Waals surface area contributed by atoms with Crippen molar-refractivity contribution in [3.05, 3.63) is 77.9 Å². The largest absolute Gasteiger partial charge is 0.497 e. The van der Waals surface area contributed by atoms with Gasteiger partial charge in [0.2, 0.25) is 11.8 Å². The molecule has 1 aliphatic rings. The Bertz CT molecular complexity index is 1210. The van der Waals surface area contributed by atoms with Crippen LogP contribution in [0.15, 0.2) is 71.6 Å². The number of hydrogen-bond donors (Lipinski definition) is 1. The first-order valence-electron chi connectivity index (χ1n) is 11.7. The summed E-state index contributed by atoms with van der Waals surface area (Å²) in [7, 11) is 4.82. The van der Waals surface area contributed by atoms with E-state index < -0.39 is 0 Å². The molecule has 36 heavy (non-hydrogen) atoms. The van der Waals surface area contributed by atoms with Crippen molar-refractivity contribution in [2.75, 3.05) is 39.3 Å². The number of carbonyl (C=O) groups is 2. The van der Waals surface area contributed by atoms with E-state index in [0.717, 1.165) is 27.5 Å². The summed E-state index contributed by atoms with van der Waals surface area (Å²) in [4.78, 5) is 28.7. The number of rotatable bonds is 9. The molecule has 0 saturated carbocycles. The summed E-state index contributed by atoms with van der Waals surface area (Å²) in [5.41, 5.74) is 2.83. The van der Waals surface area contributed by atoms with E-state index in [1.165, 1.54) is 0 Å². The van der Waals surface area contributed by atoms with Gasteiger partial charge in [-0.1, -0.05) is 30.3 Å². The topological polar surface area (TPSA) is 77.1 Å². The van der Waals surface area contributed by atoms with Crippen LogP contribution in [0.2, 0.25) is 0 Å².